The number of amides is 1. The molecule has 1 aliphatic rings. The van der Waals surface area contributed by atoms with Gasteiger partial charge in [-0.3, -0.25) is 4.79 Å². The Labute approximate surface area is 141 Å². The van der Waals surface area contributed by atoms with Gasteiger partial charge in [-0.2, -0.15) is 0 Å². The predicted molar refractivity (Wildman–Crippen MR) is 93.9 cm³/mol. The average molecular weight is 346 g/mol. The maximum absolute atomic E-state index is 12.8. The van der Waals surface area contributed by atoms with E-state index >= 15 is 0 Å². The van der Waals surface area contributed by atoms with Crippen molar-refractivity contribution in [2.75, 3.05) is 6.54 Å². The Morgan fingerprint density at radius 2 is 1.95 bits per heavy atom. The lowest BCUT2D eigenvalue weighted by Gasteiger charge is -2.35. The van der Waals surface area contributed by atoms with Crippen molar-refractivity contribution in [2.45, 2.75) is 18.9 Å². The Hall–Kier alpha value is -1.43. The highest BCUT2D eigenvalue weighted by Gasteiger charge is 2.33. The van der Waals surface area contributed by atoms with Gasteiger partial charge in [0.05, 0.1) is 12.5 Å². The van der Waals surface area contributed by atoms with Gasteiger partial charge in [-0.05, 0) is 46.3 Å². The molecule has 0 saturated carbocycles. The van der Waals surface area contributed by atoms with Crippen molar-refractivity contribution in [1.29, 1.82) is 0 Å². The molecule has 3 aromatic heterocycles. The summed E-state index contributed by atoms with van der Waals surface area (Å²) in [6, 6.07) is 10.6. The summed E-state index contributed by atoms with van der Waals surface area (Å²) >= 11 is 5.21. The van der Waals surface area contributed by atoms with Crippen LogP contribution in [0.1, 0.15) is 26.2 Å². The third kappa shape index (κ3) is 2.53. The van der Waals surface area contributed by atoms with E-state index in [0.717, 1.165) is 17.8 Å². The summed E-state index contributed by atoms with van der Waals surface area (Å²) in [4.78, 5) is 18.7. The van der Waals surface area contributed by atoms with Gasteiger partial charge in [0.2, 0.25) is 5.91 Å². The van der Waals surface area contributed by atoms with Crippen molar-refractivity contribution in [3.8, 4) is 0 Å². The number of rotatable bonds is 3. The Kier molecular flexibility index (Phi) is 3.86. The van der Waals surface area contributed by atoms with E-state index in [2.05, 4.69) is 33.9 Å². The summed E-state index contributed by atoms with van der Waals surface area (Å²) in [5, 5.41) is 6.28. The first-order valence-corrected chi connectivity index (χ1v) is 9.88. The largest absolute Gasteiger partial charge is 0.330 e. The van der Waals surface area contributed by atoms with E-state index in [1.807, 2.05) is 28.8 Å². The minimum Gasteiger partial charge on any atom is -0.330 e. The molecule has 0 aliphatic carbocycles. The molecule has 3 aromatic rings. The lowest BCUT2D eigenvalue weighted by molar-refractivity contribution is -0.132. The number of fused-ring (bicyclic) bond motifs is 1. The summed E-state index contributed by atoms with van der Waals surface area (Å²) in [5.41, 5.74) is 1.32. The molecule has 0 unspecified atom stereocenters. The fourth-order valence-corrected chi connectivity index (χ4v) is 5.46. The average Bonchev–Trinajstić information content (AvgIpc) is 3.27. The first kappa shape index (κ1) is 14.2. The van der Waals surface area contributed by atoms with Gasteiger partial charge in [-0.25, -0.2) is 0 Å². The van der Waals surface area contributed by atoms with Crippen LogP contribution in [0.25, 0.3) is 0 Å². The van der Waals surface area contributed by atoms with E-state index < -0.39 is 0 Å². The van der Waals surface area contributed by atoms with Gasteiger partial charge in [-0.1, -0.05) is 12.1 Å². The van der Waals surface area contributed by atoms with Crippen LogP contribution in [0.15, 0.2) is 46.5 Å². The second-order valence-electron chi connectivity index (χ2n) is 5.31. The Bertz CT molecular complexity index is 758. The van der Waals surface area contributed by atoms with Gasteiger partial charge in [0.1, 0.15) is 0 Å². The zero-order valence-corrected chi connectivity index (χ0v) is 14.3. The quantitative estimate of drug-likeness (QED) is 0.680. The van der Waals surface area contributed by atoms with Crippen LogP contribution in [0.4, 0.5) is 0 Å². The second-order valence-corrected chi connectivity index (χ2v) is 8.32. The third-order valence-corrected chi connectivity index (χ3v) is 6.80. The number of carbonyl (C=O) groups excluding carboxylic acids is 1. The van der Waals surface area contributed by atoms with Crippen LogP contribution in [0.3, 0.4) is 0 Å². The molecule has 0 N–H and O–H groups in total. The monoisotopic (exact) mass is 345 g/mol. The smallest absolute Gasteiger partial charge is 0.228 e. The highest BCUT2D eigenvalue weighted by atomic mass is 32.1. The minimum absolute atomic E-state index is 0.0995. The maximum Gasteiger partial charge on any atom is 0.228 e. The molecule has 112 valence electrons. The molecule has 0 saturated heterocycles. The standard InChI is InChI=1S/C17H15NOS3/c19-16(11-12-3-1-8-20-12)18-7-5-14-13(6-10-22-14)17(18)15-4-2-9-21-15/h1-4,6,8-10,17H,5,7,11H2/t17-/m1/s1. The zero-order valence-electron chi connectivity index (χ0n) is 11.9. The maximum atomic E-state index is 12.8. The van der Waals surface area contributed by atoms with Gasteiger partial charge in [0.25, 0.3) is 0 Å². The third-order valence-electron chi connectivity index (χ3n) is 4.00. The molecule has 5 heteroatoms. The molecular formula is C17H15NOS3. The molecule has 0 aromatic carbocycles. The molecular weight excluding hydrogens is 330 g/mol. The van der Waals surface area contributed by atoms with Gasteiger partial charge in [0, 0.05) is 21.2 Å². The van der Waals surface area contributed by atoms with Crippen molar-refractivity contribution in [3.63, 3.8) is 0 Å². The topological polar surface area (TPSA) is 20.3 Å². The highest BCUT2D eigenvalue weighted by molar-refractivity contribution is 7.11. The van der Waals surface area contributed by atoms with E-state index in [0.29, 0.717) is 6.42 Å². The molecule has 1 amide bonds. The lowest BCUT2D eigenvalue weighted by Crippen LogP contribution is -2.40. The summed E-state index contributed by atoms with van der Waals surface area (Å²) < 4.78 is 0. The fraction of sp³-hybridized carbons (Fsp3) is 0.235. The van der Waals surface area contributed by atoms with Gasteiger partial charge in [-0.15, -0.1) is 34.0 Å². The van der Waals surface area contributed by atoms with E-state index in [-0.39, 0.29) is 11.9 Å². The van der Waals surface area contributed by atoms with Crippen LogP contribution < -0.4 is 0 Å². The Balaban J connectivity index is 1.67. The highest BCUT2D eigenvalue weighted by Crippen LogP contribution is 2.39. The molecule has 0 spiro atoms. The van der Waals surface area contributed by atoms with Crippen LogP contribution in [0.5, 0.6) is 0 Å². The van der Waals surface area contributed by atoms with Crippen LogP contribution in [0.2, 0.25) is 0 Å². The normalized spacial score (nSPS) is 17.5. The molecule has 2 nitrogen and oxygen atoms in total. The summed E-state index contributed by atoms with van der Waals surface area (Å²) in [6.45, 7) is 0.820. The van der Waals surface area contributed by atoms with Crippen LogP contribution in [-0.2, 0) is 17.6 Å². The lowest BCUT2D eigenvalue weighted by atomic mass is 9.98. The summed E-state index contributed by atoms with van der Waals surface area (Å²) in [7, 11) is 0. The van der Waals surface area contributed by atoms with E-state index in [9.17, 15) is 4.79 Å². The van der Waals surface area contributed by atoms with Crippen molar-refractivity contribution in [2.24, 2.45) is 0 Å². The number of carbonyl (C=O) groups is 1. The summed E-state index contributed by atoms with van der Waals surface area (Å²) in [5.74, 6) is 0.234. The van der Waals surface area contributed by atoms with Crippen molar-refractivity contribution in [3.05, 3.63) is 66.7 Å². The molecule has 22 heavy (non-hydrogen) atoms. The number of nitrogens with zero attached hydrogens (tertiary/aromatic N) is 1. The Morgan fingerprint density at radius 1 is 1.09 bits per heavy atom. The van der Waals surface area contributed by atoms with Crippen molar-refractivity contribution >= 4 is 39.9 Å². The zero-order chi connectivity index (χ0) is 14.9. The van der Waals surface area contributed by atoms with Crippen molar-refractivity contribution < 1.29 is 4.79 Å². The van der Waals surface area contributed by atoms with Gasteiger partial charge >= 0.3 is 0 Å². The van der Waals surface area contributed by atoms with Gasteiger partial charge in [0.15, 0.2) is 0 Å². The second kappa shape index (κ2) is 5.99. The molecule has 0 fully saturated rings. The molecule has 1 atom stereocenters. The van der Waals surface area contributed by atoms with E-state index in [4.69, 9.17) is 0 Å². The first-order chi connectivity index (χ1) is 10.8. The Morgan fingerprint density at radius 3 is 2.73 bits per heavy atom. The van der Waals surface area contributed by atoms with Crippen molar-refractivity contribution in [1.82, 2.24) is 4.90 Å². The van der Waals surface area contributed by atoms with Crippen LogP contribution in [0, 0.1) is 0 Å². The van der Waals surface area contributed by atoms with E-state index in [1.54, 1.807) is 22.7 Å². The fourth-order valence-electron chi connectivity index (χ4n) is 3.00. The SMILES string of the molecule is O=C(Cc1cccs1)N1CCc2sccc2[C@@H]1c1cccs1. The number of hydrogen-bond acceptors (Lipinski definition) is 4. The molecule has 0 radical (unpaired) electrons. The van der Waals surface area contributed by atoms with Gasteiger partial charge < -0.3 is 4.90 Å². The number of hydrogen-bond donors (Lipinski definition) is 0. The molecule has 4 heterocycles. The summed E-state index contributed by atoms with van der Waals surface area (Å²) in [6.07, 6.45) is 1.49. The first-order valence-electron chi connectivity index (χ1n) is 7.24. The predicted octanol–water partition coefficient (Wildman–Crippen LogP) is 4.59. The minimum atomic E-state index is 0.0995. The molecule has 4 rings (SSSR count). The van der Waals surface area contributed by atoms with Crippen LogP contribution in [-0.4, -0.2) is 17.4 Å². The molecule has 1 aliphatic heterocycles. The van der Waals surface area contributed by atoms with Crippen LogP contribution >= 0.6 is 34.0 Å². The number of thiophene rings is 3. The van der Waals surface area contributed by atoms with E-state index in [1.165, 1.54) is 15.3 Å². The molecule has 0 bridgehead atoms.